The molecule has 2 aliphatic heterocycles. The molecule has 2 heterocycles. The minimum Gasteiger partial charge on any atom is -0.340 e. The lowest BCUT2D eigenvalue weighted by molar-refractivity contribution is 0.00634. The molecular formula is C29H38N2S. The molecule has 2 nitrogen and oxygen atoms in total. The van der Waals surface area contributed by atoms with Crippen LogP contribution in [0.5, 0.6) is 0 Å². The van der Waals surface area contributed by atoms with Crippen LogP contribution < -0.4 is 4.90 Å². The summed E-state index contributed by atoms with van der Waals surface area (Å²) < 4.78 is 0. The van der Waals surface area contributed by atoms with E-state index in [4.69, 9.17) is 0 Å². The predicted molar refractivity (Wildman–Crippen MR) is 136 cm³/mol. The Hall–Kier alpha value is -1.45. The van der Waals surface area contributed by atoms with Crippen molar-refractivity contribution < 1.29 is 0 Å². The first-order valence-corrected chi connectivity index (χ1v) is 14.0. The SMILES string of the molecule is c1ccc2c(c1)Sc1ccccc1N2CCCN1CCC2(CCC3CCCCC3C2)CC1. The molecular weight excluding hydrogens is 408 g/mol. The maximum absolute atomic E-state index is 2.77. The minimum absolute atomic E-state index is 0.705. The van der Waals surface area contributed by atoms with Gasteiger partial charge in [-0.3, -0.25) is 0 Å². The molecule has 2 unspecified atom stereocenters. The van der Waals surface area contributed by atoms with E-state index in [0.29, 0.717) is 5.41 Å². The molecule has 32 heavy (non-hydrogen) atoms. The summed E-state index contributed by atoms with van der Waals surface area (Å²) in [5, 5.41) is 0. The van der Waals surface area contributed by atoms with Crippen LogP contribution in [-0.2, 0) is 0 Å². The van der Waals surface area contributed by atoms with Gasteiger partial charge in [0.25, 0.3) is 0 Å². The van der Waals surface area contributed by atoms with E-state index in [1.54, 1.807) is 6.42 Å². The number of nitrogens with zero attached hydrogens (tertiary/aromatic N) is 2. The molecule has 1 saturated heterocycles. The Balaban J connectivity index is 1.05. The fraction of sp³-hybridized carbons (Fsp3) is 0.586. The maximum Gasteiger partial charge on any atom is 0.0552 e. The first-order valence-electron chi connectivity index (χ1n) is 13.2. The van der Waals surface area contributed by atoms with Crippen LogP contribution in [0.25, 0.3) is 0 Å². The summed E-state index contributed by atoms with van der Waals surface area (Å²) in [5.41, 5.74) is 3.48. The minimum atomic E-state index is 0.705. The molecule has 0 radical (unpaired) electrons. The summed E-state index contributed by atoms with van der Waals surface area (Å²) in [6.07, 6.45) is 14.9. The Morgan fingerprint density at radius 2 is 1.41 bits per heavy atom. The Morgan fingerprint density at radius 3 is 2.12 bits per heavy atom. The van der Waals surface area contributed by atoms with Gasteiger partial charge in [-0.2, -0.15) is 0 Å². The molecule has 2 aliphatic carbocycles. The molecule has 0 aromatic heterocycles. The quantitative estimate of drug-likeness (QED) is 0.474. The van der Waals surface area contributed by atoms with E-state index >= 15 is 0 Å². The molecule has 0 amide bonds. The molecule has 2 saturated carbocycles. The molecule has 0 bridgehead atoms. The van der Waals surface area contributed by atoms with E-state index in [-0.39, 0.29) is 0 Å². The lowest BCUT2D eigenvalue weighted by Gasteiger charge is -2.50. The zero-order valence-corrected chi connectivity index (χ0v) is 20.3. The van der Waals surface area contributed by atoms with E-state index in [2.05, 4.69) is 58.3 Å². The normalized spacial score (nSPS) is 26.9. The van der Waals surface area contributed by atoms with E-state index in [9.17, 15) is 0 Å². The van der Waals surface area contributed by atoms with Crippen LogP contribution in [-0.4, -0.2) is 31.1 Å². The first-order chi connectivity index (χ1) is 15.8. The highest BCUT2D eigenvalue weighted by atomic mass is 32.2. The lowest BCUT2D eigenvalue weighted by Crippen LogP contribution is -2.45. The van der Waals surface area contributed by atoms with Crippen molar-refractivity contribution in [2.24, 2.45) is 17.3 Å². The van der Waals surface area contributed by atoms with Gasteiger partial charge in [-0.25, -0.2) is 0 Å². The van der Waals surface area contributed by atoms with Crippen LogP contribution in [0.3, 0.4) is 0 Å². The third-order valence-corrected chi connectivity index (χ3v) is 10.2. The van der Waals surface area contributed by atoms with Gasteiger partial charge in [0.05, 0.1) is 11.4 Å². The summed E-state index contributed by atoms with van der Waals surface area (Å²) in [4.78, 5) is 8.12. The van der Waals surface area contributed by atoms with Crippen molar-refractivity contribution in [2.45, 2.75) is 74.0 Å². The average molecular weight is 447 g/mol. The van der Waals surface area contributed by atoms with Crippen molar-refractivity contribution in [3.05, 3.63) is 48.5 Å². The highest BCUT2D eigenvalue weighted by Gasteiger charge is 2.42. The van der Waals surface area contributed by atoms with Crippen molar-refractivity contribution in [3.63, 3.8) is 0 Å². The fourth-order valence-corrected chi connectivity index (χ4v) is 8.36. The Kier molecular flexibility index (Phi) is 5.98. The topological polar surface area (TPSA) is 6.48 Å². The highest BCUT2D eigenvalue weighted by Crippen LogP contribution is 2.52. The molecule has 4 aliphatic rings. The number of likely N-dealkylation sites (tertiary alicyclic amines) is 1. The summed E-state index contributed by atoms with van der Waals surface area (Å²) in [6.45, 7) is 5.02. The van der Waals surface area contributed by atoms with Crippen LogP contribution in [0.2, 0.25) is 0 Å². The number of hydrogen-bond acceptors (Lipinski definition) is 3. The molecule has 0 N–H and O–H groups in total. The summed E-state index contributed by atoms with van der Waals surface area (Å²) in [6, 6.07) is 17.8. The third kappa shape index (κ3) is 4.12. The van der Waals surface area contributed by atoms with Gasteiger partial charge in [-0.15, -0.1) is 0 Å². The molecule has 3 heteroatoms. The first kappa shape index (κ1) is 21.1. The molecule has 1 spiro atoms. The van der Waals surface area contributed by atoms with Crippen LogP contribution in [0.4, 0.5) is 11.4 Å². The van der Waals surface area contributed by atoms with Crippen LogP contribution in [0.15, 0.2) is 58.3 Å². The van der Waals surface area contributed by atoms with Crippen molar-refractivity contribution in [1.82, 2.24) is 4.90 Å². The number of hydrogen-bond donors (Lipinski definition) is 0. The zero-order chi connectivity index (χ0) is 21.4. The predicted octanol–water partition coefficient (Wildman–Crippen LogP) is 7.75. The smallest absolute Gasteiger partial charge is 0.0552 e. The lowest BCUT2D eigenvalue weighted by atomic mass is 9.58. The van der Waals surface area contributed by atoms with Gasteiger partial charge < -0.3 is 9.80 Å². The molecule has 2 aromatic carbocycles. The van der Waals surface area contributed by atoms with E-state index in [1.165, 1.54) is 98.6 Å². The zero-order valence-electron chi connectivity index (χ0n) is 19.5. The number of para-hydroxylation sites is 2. The van der Waals surface area contributed by atoms with Gasteiger partial charge in [0, 0.05) is 16.3 Å². The maximum atomic E-state index is 2.77. The second kappa shape index (κ2) is 9.06. The van der Waals surface area contributed by atoms with Crippen molar-refractivity contribution in [3.8, 4) is 0 Å². The largest absolute Gasteiger partial charge is 0.340 e. The monoisotopic (exact) mass is 446 g/mol. The van der Waals surface area contributed by atoms with Gasteiger partial charge >= 0.3 is 0 Å². The standard InChI is InChI=1S/C29H38N2S/c1-2-9-24-22-29(15-14-23(24)8-1)16-20-30(21-17-29)18-7-19-31-25-10-3-5-12-27(25)32-28-13-6-4-11-26(28)31/h3-6,10-13,23-24H,1-2,7-9,14-22H2. The Morgan fingerprint density at radius 1 is 0.750 bits per heavy atom. The molecule has 3 fully saturated rings. The Labute approximate surface area is 198 Å². The van der Waals surface area contributed by atoms with Gasteiger partial charge in [0.1, 0.15) is 0 Å². The molecule has 6 rings (SSSR count). The van der Waals surface area contributed by atoms with Crippen LogP contribution in [0, 0.1) is 17.3 Å². The second-order valence-electron chi connectivity index (χ2n) is 10.9. The number of fused-ring (bicyclic) bond motifs is 3. The summed E-state index contributed by atoms with van der Waals surface area (Å²) in [5.74, 6) is 2.15. The van der Waals surface area contributed by atoms with Crippen molar-refractivity contribution in [1.29, 1.82) is 0 Å². The second-order valence-corrected chi connectivity index (χ2v) is 12.0. The third-order valence-electron chi connectivity index (χ3n) is 9.11. The molecule has 2 aromatic rings. The van der Waals surface area contributed by atoms with Crippen LogP contribution in [0.1, 0.15) is 64.2 Å². The number of piperidine rings is 1. The van der Waals surface area contributed by atoms with Gasteiger partial charge in [-0.1, -0.05) is 61.7 Å². The number of rotatable bonds is 4. The summed E-state index contributed by atoms with van der Waals surface area (Å²) >= 11 is 1.92. The molecule has 170 valence electrons. The highest BCUT2D eigenvalue weighted by molar-refractivity contribution is 7.99. The van der Waals surface area contributed by atoms with E-state index in [1.807, 2.05) is 11.8 Å². The number of benzene rings is 2. The van der Waals surface area contributed by atoms with Crippen LogP contribution >= 0.6 is 11.8 Å². The van der Waals surface area contributed by atoms with Gasteiger partial charge in [-0.05, 0) is 99.7 Å². The van der Waals surface area contributed by atoms with E-state index < -0.39 is 0 Å². The fourth-order valence-electron chi connectivity index (χ4n) is 7.26. The van der Waals surface area contributed by atoms with Gasteiger partial charge in [0.15, 0.2) is 0 Å². The van der Waals surface area contributed by atoms with Crippen molar-refractivity contribution >= 4 is 23.1 Å². The van der Waals surface area contributed by atoms with E-state index in [0.717, 1.165) is 18.4 Å². The van der Waals surface area contributed by atoms with Crippen molar-refractivity contribution in [2.75, 3.05) is 31.1 Å². The van der Waals surface area contributed by atoms with Gasteiger partial charge in [0.2, 0.25) is 0 Å². The molecule has 2 atom stereocenters. The summed E-state index contributed by atoms with van der Waals surface area (Å²) in [7, 11) is 0. The Bertz CT molecular complexity index is 887. The average Bonchev–Trinajstić information content (AvgIpc) is 2.85. The number of anilines is 2.